The van der Waals surface area contributed by atoms with Gasteiger partial charge in [-0.2, -0.15) is 0 Å². The van der Waals surface area contributed by atoms with Crippen molar-refractivity contribution in [3.63, 3.8) is 0 Å². The average molecular weight is 232 g/mol. The molecule has 0 aliphatic heterocycles. The molecule has 0 N–H and O–H groups in total. The van der Waals surface area contributed by atoms with Gasteiger partial charge in [0.25, 0.3) is 0 Å². The molecule has 0 saturated heterocycles. The Bertz CT molecular complexity index is 65.1. The van der Waals surface area contributed by atoms with Gasteiger partial charge < -0.3 is 9.79 Å². The summed E-state index contributed by atoms with van der Waals surface area (Å²) in [5.74, 6) is 0. The molecule has 0 fully saturated rings. The Morgan fingerprint density at radius 3 is 1.27 bits per heavy atom. The standard InChI is InChI=1S/2C2H5.2HO2P.Ti/c2*1-2;2*1-3-2;/h2*1H2,2H3;2*(H,1,2);/q;;;;+2/p-2. The van der Waals surface area contributed by atoms with Gasteiger partial charge in [0.15, 0.2) is 0 Å². The van der Waals surface area contributed by atoms with Crippen molar-refractivity contribution >= 4 is 17.4 Å². The molecular weight excluding hydrogens is 222 g/mol. The summed E-state index contributed by atoms with van der Waals surface area (Å²) in [5, 5.41) is 0. The van der Waals surface area contributed by atoms with Crippen LogP contribution in [0.5, 0.6) is 0 Å². The number of hydrogen-bond acceptors (Lipinski definition) is 4. The summed E-state index contributed by atoms with van der Waals surface area (Å²) in [7, 11) is -2.17. The number of rotatable bonds is 2. The Labute approximate surface area is 78.9 Å². The van der Waals surface area contributed by atoms with E-state index in [4.69, 9.17) is 18.9 Å². The molecule has 0 aromatic heterocycles. The topological polar surface area (TPSA) is 80.3 Å². The van der Waals surface area contributed by atoms with Gasteiger partial charge in [0, 0.05) is 0 Å². The van der Waals surface area contributed by atoms with Gasteiger partial charge in [0.05, 0.1) is 17.4 Å². The Morgan fingerprint density at radius 2 is 1.27 bits per heavy atom. The van der Waals surface area contributed by atoms with Gasteiger partial charge in [-0.15, -0.1) is 0 Å². The molecule has 0 aromatic carbocycles. The molecule has 0 unspecified atom stereocenters. The molecule has 7 heteroatoms. The maximum absolute atomic E-state index is 8.35. The minimum Gasteiger partial charge on any atom is -0.772 e. The van der Waals surface area contributed by atoms with E-state index in [2.05, 4.69) is 13.8 Å². The van der Waals surface area contributed by atoms with E-state index in [-0.39, 0.29) is 0 Å². The Morgan fingerprint density at radius 1 is 1.09 bits per heavy atom. The Kier molecular flexibility index (Phi) is 49.8. The van der Waals surface area contributed by atoms with E-state index in [0.717, 1.165) is 0 Å². The quantitative estimate of drug-likeness (QED) is 0.526. The minimum atomic E-state index is -1.08. The fourth-order valence-electron chi connectivity index (χ4n) is 0.250. The van der Waals surface area contributed by atoms with Crippen molar-refractivity contribution in [3.05, 3.63) is 0 Å². The van der Waals surface area contributed by atoms with Crippen LogP contribution in [0.1, 0.15) is 13.8 Å². The minimum absolute atomic E-state index is 0.528. The third-order valence-electron chi connectivity index (χ3n) is 0.500. The summed E-state index contributed by atoms with van der Waals surface area (Å²) >= 11 is 0.528. The predicted molar refractivity (Wildman–Crippen MR) is 36.2 cm³/mol. The maximum atomic E-state index is 8.35. The normalized spacial score (nSPS) is 6.91. The molecule has 4 nitrogen and oxygen atoms in total. The first-order valence-electron chi connectivity index (χ1n) is 2.85. The molecule has 11 heavy (non-hydrogen) atoms. The molecule has 0 rings (SSSR count). The largest absolute Gasteiger partial charge is 0.772 e. The smallest absolute Gasteiger partial charge is 0.0642 e. The van der Waals surface area contributed by atoms with Gasteiger partial charge in [0.2, 0.25) is 0 Å². The first-order chi connectivity index (χ1) is 5.24. The third kappa shape index (κ3) is 105. The van der Waals surface area contributed by atoms with Gasteiger partial charge in [-0.05, 0) is 0 Å². The van der Waals surface area contributed by atoms with Crippen LogP contribution >= 0.6 is 17.4 Å². The summed E-state index contributed by atoms with van der Waals surface area (Å²) in [6.07, 6.45) is 0. The summed E-state index contributed by atoms with van der Waals surface area (Å²) in [6, 6.07) is 0. The monoisotopic (exact) mass is 232 g/mol. The van der Waals surface area contributed by atoms with Gasteiger partial charge in [-0.25, -0.2) is 0 Å². The van der Waals surface area contributed by atoms with Crippen LogP contribution in [0.2, 0.25) is 9.45 Å². The van der Waals surface area contributed by atoms with Crippen molar-refractivity contribution in [2.75, 3.05) is 0 Å². The average Bonchev–Trinajstić information content (AvgIpc) is 1.92. The molecule has 0 aromatic rings. The first-order valence-corrected chi connectivity index (χ1v) is 6.52. The van der Waals surface area contributed by atoms with E-state index < -0.39 is 17.4 Å². The van der Waals surface area contributed by atoms with Gasteiger partial charge >= 0.3 is 42.5 Å². The molecule has 64 valence electrons. The van der Waals surface area contributed by atoms with Crippen LogP contribution < -0.4 is 9.79 Å². The summed E-state index contributed by atoms with van der Waals surface area (Å²) < 4.78 is 19.6. The Balaban J connectivity index is -0.0000000933. The van der Waals surface area contributed by atoms with Crippen molar-refractivity contribution in [2.24, 2.45) is 0 Å². The molecular formula is C4H10O4P2Ti. The molecule has 0 aliphatic carbocycles. The molecule has 0 atom stereocenters. The summed E-state index contributed by atoms with van der Waals surface area (Å²) in [4.78, 5) is 16.7. The molecule has 0 radical (unpaired) electrons. The van der Waals surface area contributed by atoms with Gasteiger partial charge in [-0.3, -0.25) is 9.13 Å². The van der Waals surface area contributed by atoms with Crippen LogP contribution in [0.3, 0.4) is 0 Å². The van der Waals surface area contributed by atoms with Gasteiger partial charge in [-0.1, -0.05) is 0 Å². The SMILES string of the molecule is C[CH2][Ti+2][CH2]C.O=P[O-].O=P[O-]. The molecule has 0 heterocycles. The molecule has 0 saturated carbocycles. The zero-order valence-electron chi connectivity index (χ0n) is 6.44. The van der Waals surface area contributed by atoms with Crippen LogP contribution in [0.25, 0.3) is 0 Å². The van der Waals surface area contributed by atoms with E-state index in [1.807, 2.05) is 0 Å². The third-order valence-corrected chi connectivity index (χ3v) is 2.06. The zero-order chi connectivity index (χ0) is 9.54. The van der Waals surface area contributed by atoms with Crippen molar-refractivity contribution in [1.29, 1.82) is 0 Å². The van der Waals surface area contributed by atoms with E-state index >= 15 is 0 Å². The summed E-state index contributed by atoms with van der Waals surface area (Å²) in [6.45, 7) is 4.53. The fourth-order valence-corrected chi connectivity index (χ4v) is 1.03. The molecule has 0 spiro atoms. The van der Waals surface area contributed by atoms with E-state index in [9.17, 15) is 0 Å². The van der Waals surface area contributed by atoms with Crippen LogP contribution in [-0.2, 0) is 28.3 Å². The fraction of sp³-hybridized carbons (Fsp3) is 1.00. The maximum Gasteiger partial charge on any atom is 0.0642 e. The van der Waals surface area contributed by atoms with Crippen LogP contribution in [0.15, 0.2) is 0 Å². The van der Waals surface area contributed by atoms with Gasteiger partial charge in [0.1, 0.15) is 0 Å². The van der Waals surface area contributed by atoms with Crippen LogP contribution in [-0.4, -0.2) is 0 Å². The first kappa shape index (κ1) is 17.8. The van der Waals surface area contributed by atoms with E-state index in [1.54, 1.807) is 0 Å². The van der Waals surface area contributed by atoms with E-state index in [0.29, 0.717) is 19.2 Å². The van der Waals surface area contributed by atoms with Crippen molar-refractivity contribution in [2.45, 2.75) is 23.3 Å². The predicted octanol–water partition coefficient (Wildman–Crippen LogP) is 1.05. The summed E-state index contributed by atoms with van der Waals surface area (Å²) in [5.41, 5.74) is 0. The zero-order valence-corrected chi connectivity index (χ0v) is 9.79. The molecule has 0 amide bonds. The number of hydrogen-bond donors (Lipinski definition) is 0. The molecule has 0 bridgehead atoms. The van der Waals surface area contributed by atoms with E-state index in [1.165, 1.54) is 9.45 Å². The molecule has 0 aliphatic rings. The Hall–Kier alpha value is 0.834. The second-order valence-electron chi connectivity index (χ2n) is 1.11. The van der Waals surface area contributed by atoms with Crippen LogP contribution in [0.4, 0.5) is 0 Å². The van der Waals surface area contributed by atoms with Crippen molar-refractivity contribution < 1.29 is 38.1 Å². The van der Waals surface area contributed by atoms with Crippen molar-refractivity contribution in [3.8, 4) is 0 Å². The van der Waals surface area contributed by atoms with Crippen molar-refractivity contribution in [1.82, 2.24) is 0 Å². The van der Waals surface area contributed by atoms with Crippen LogP contribution in [0, 0.1) is 0 Å². The second kappa shape index (κ2) is 30.8. The second-order valence-corrected chi connectivity index (χ2v) is 4.39.